The van der Waals surface area contributed by atoms with Crippen LogP contribution in [0.15, 0.2) is 12.4 Å². The largest absolute Gasteiger partial charge is 0.348 e. The molecule has 6 heteroatoms. The molecule has 24 heavy (non-hydrogen) atoms. The predicted molar refractivity (Wildman–Crippen MR) is 95.0 cm³/mol. The van der Waals surface area contributed by atoms with Crippen LogP contribution in [0.1, 0.15) is 31.7 Å². The van der Waals surface area contributed by atoms with Crippen molar-refractivity contribution in [3.8, 4) is 0 Å². The Morgan fingerprint density at radius 1 is 1.21 bits per heavy atom. The average molecular weight is 331 g/mol. The average Bonchev–Trinajstić information content (AvgIpc) is 2.98. The van der Waals surface area contributed by atoms with Crippen LogP contribution in [0.3, 0.4) is 0 Å². The third kappa shape index (κ3) is 3.69. The molecule has 1 spiro atoms. The number of hydrogen-bond acceptors (Lipinski definition) is 5. The zero-order valence-corrected chi connectivity index (χ0v) is 15.2. The van der Waals surface area contributed by atoms with Crippen LogP contribution in [0.2, 0.25) is 0 Å². The molecule has 3 heterocycles. The molecule has 2 fully saturated rings. The van der Waals surface area contributed by atoms with Crippen LogP contribution in [0.5, 0.6) is 0 Å². The number of piperidine rings is 1. The van der Waals surface area contributed by atoms with E-state index < -0.39 is 0 Å². The summed E-state index contributed by atoms with van der Waals surface area (Å²) in [5.41, 5.74) is 1.47. The highest BCUT2D eigenvalue weighted by Gasteiger charge is 2.42. The van der Waals surface area contributed by atoms with E-state index >= 15 is 0 Å². The quantitative estimate of drug-likeness (QED) is 0.835. The molecular weight excluding hydrogens is 302 g/mol. The number of amides is 1. The number of carbonyl (C=O) groups excluding carboxylic acids is 1. The Balaban J connectivity index is 1.63. The molecule has 3 rings (SSSR count). The van der Waals surface area contributed by atoms with Gasteiger partial charge in [-0.3, -0.25) is 9.69 Å². The maximum atomic E-state index is 12.0. The first-order valence-corrected chi connectivity index (χ1v) is 9.00. The fourth-order valence-electron chi connectivity index (χ4n) is 3.91. The zero-order chi connectivity index (χ0) is 17.2. The van der Waals surface area contributed by atoms with Crippen LogP contribution in [0.25, 0.3) is 0 Å². The third-order valence-electron chi connectivity index (χ3n) is 5.42. The van der Waals surface area contributed by atoms with Crippen molar-refractivity contribution in [1.82, 2.24) is 19.8 Å². The number of rotatable bonds is 4. The predicted octanol–water partition coefficient (Wildman–Crippen LogP) is 1.42. The normalized spacial score (nSPS) is 24.5. The fourth-order valence-corrected chi connectivity index (χ4v) is 3.91. The minimum atomic E-state index is 0.195. The summed E-state index contributed by atoms with van der Waals surface area (Å²) in [5, 5.41) is 0. The lowest BCUT2D eigenvalue weighted by Gasteiger charge is -2.40. The Labute approximate surface area is 144 Å². The van der Waals surface area contributed by atoms with Gasteiger partial charge in [0.15, 0.2) is 0 Å². The summed E-state index contributed by atoms with van der Waals surface area (Å²) in [4.78, 5) is 27.4. The van der Waals surface area contributed by atoms with Crippen molar-refractivity contribution in [3.63, 3.8) is 0 Å². The van der Waals surface area contributed by atoms with Crippen LogP contribution >= 0.6 is 0 Å². The van der Waals surface area contributed by atoms with Crippen LogP contribution in [0, 0.1) is 5.41 Å². The van der Waals surface area contributed by atoms with Gasteiger partial charge in [-0.2, -0.15) is 0 Å². The minimum absolute atomic E-state index is 0.195. The van der Waals surface area contributed by atoms with Crippen molar-refractivity contribution in [2.75, 3.05) is 51.7 Å². The molecule has 2 saturated heterocycles. The lowest BCUT2D eigenvalue weighted by molar-refractivity contribution is -0.130. The first-order chi connectivity index (χ1) is 11.5. The number of carbonyl (C=O) groups is 1. The van der Waals surface area contributed by atoms with Crippen molar-refractivity contribution in [2.45, 2.75) is 32.6 Å². The second kappa shape index (κ2) is 7.05. The SMILES string of the molecule is CCc1cnc(N2CC[C@]3(CCCN(CC(=O)N(C)C)C3)C2)nc1. The van der Waals surface area contributed by atoms with Gasteiger partial charge in [-0.1, -0.05) is 6.92 Å². The number of likely N-dealkylation sites (tertiary alicyclic amines) is 1. The Bertz CT molecular complexity index is 573. The number of hydrogen-bond donors (Lipinski definition) is 0. The smallest absolute Gasteiger partial charge is 0.236 e. The molecule has 2 aliphatic heterocycles. The van der Waals surface area contributed by atoms with Crippen LogP contribution < -0.4 is 4.90 Å². The van der Waals surface area contributed by atoms with Gasteiger partial charge in [0.1, 0.15) is 0 Å². The van der Waals surface area contributed by atoms with Crippen molar-refractivity contribution in [2.24, 2.45) is 5.41 Å². The summed E-state index contributed by atoms with van der Waals surface area (Å²) >= 11 is 0. The van der Waals surface area contributed by atoms with Gasteiger partial charge in [0.25, 0.3) is 0 Å². The lowest BCUT2D eigenvalue weighted by atomic mass is 9.79. The van der Waals surface area contributed by atoms with E-state index in [2.05, 4.69) is 26.7 Å². The maximum Gasteiger partial charge on any atom is 0.236 e. The highest BCUT2D eigenvalue weighted by molar-refractivity contribution is 5.77. The summed E-state index contributed by atoms with van der Waals surface area (Å²) in [6.45, 7) is 6.72. The molecule has 0 radical (unpaired) electrons. The van der Waals surface area contributed by atoms with E-state index in [9.17, 15) is 4.79 Å². The minimum Gasteiger partial charge on any atom is -0.348 e. The molecule has 0 bridgehead atoms. The van der Waals surface area contributed by atoms with Gasteiger partial charge in [0.2, 0.25) is 11.9 Å². The molecular formula is C18H29N5O. The molecule has 2 aliphatic rings. The van der Waals surface area contributed by atoms with Gasteiger partial charge < -0.3 is 9.80 Å². The van der Waals surface area contributed by atoms with Gasteiger partial charge >= 0.3 is 0 Å². The summed E-state index contributed by atoms with van der Waals surface area (Å²) in [6.07, 6.45) is 8.43. The summed E-state index contributed by atoms with van der Waals surface area (Å²) in [6, 6.07) is 0. The van der Waals surface area contributed by atoms with Crippen LogP contribution in [-0.4, -0.2) is 72.5 Å². The van der Waals surface area contributed by atoms with Gasteiger partial charge in [0, 0.05) is 51.5 Å². The number of likely N-dealkylation sites (N-methyl/N-ethyl adjacent to an activating group) is 1. The van der Waals surface area contributed by atoms with Crippen LogP contribution in [0.4, 0.5) is 5.95 Å². The third-order valence-corrected chi connectivity index (χ3v) is 5.42. The fraction of sp³-hybridized carbons (Fsp3) is 0.722. The zero-order valence-electron chi connectivity index (χ0n) is 15.2. The molecule has 0 N–H and O–H groups in total. The maximum absolute atomic E-state index is 12.0. The number of aromatic nitrogens is 2. The second-order valence-corrected chi connectivity index (χ2v) is 7.52. The van der Waals surface area contributed by atoms with Crippen molar-refractivity contribution in [3.05, 3.63) is 18.0 Å². The molecule has 132 valence electrons. The Hall–Kier alpha value is -1.69. The standard InChI is InChI=1S/C18H29N5O/c1-4-15-10-19-17(20-11-15)23-9-7-18(14-23)6-5-8-22(13-18)12-16(24)21(2)3/h10-11H,4-9,12-14H2,1-3H3/t18-/m0/s1. The molecule has 1 atom stereocenters. The van der Waals surface area contributed by atoms with Gasteiger partial charge in [-0.05, 0) is 37.8 Å². The molecule has 1 aromatic heterocycles. The molecule has 0 aliphatic carbocycles. The van der Waals surface area contributed by atoms with E-state index in [-0.39, 0.29) is 11.3 Å². The topological polar surface area (TPSA) is 52.6 Å². The van der Waals surface area contributed by atoms with Gasteiger partial charge in [-0.15, -0.1) is 0 Å². The summed E-state index contributed by atoms with van der Waals surface area (Å²) in [7, 11) is 3.66. The highest BCUT2D eigenvalue weighted by atomic mass is 16.2. The molecule has 1 aromatic rings. The number of anilines is 1. The van der Waals surface area contributed by atoms with Gasteiger partial charge in [0.05, 0.1) is 6.54 Å². The Morgan fingerprint density at radius 3 is 2.62 bits per heavy atom. The lowest BCUT2D eigenvalue weighted by Crippen LogP contribution is -2.48. The first-order valence-electron chi connectivity index (χ1n) is 9.00. The number of aryl methyl sites for hydroxylation is 1. The van der Waals surface area contributed by atoms with E-state index in [1.807, 2.05) is 26.5 Å². The van der Waals surface area contributed by atoms with E-state index in [1.54, 1.807) is 4.90 Å². The monoisotopic (exact) mass is 331 g/mol. The molecule has 0 saturated carbocycles. The second-order valence-electron chi connectivity index (χ2n) is 7.52. The summed E-state index contributed by atoms with van der Waals surface area (Å²) < 4.78 is 0. The molecule has 0 aromatic carbocycles. The first kappa shape index (κ1) is 17.1. The van der Waals surface area contributed by atoms with Gasteiger partial charge in [-0.25, -0.2) is 9.97 Å². The van der Waals surface area contributed by atoms with Crippen molar-refractivity contribution >= 4 is 11.9 Å². The molecule has 1 amide bonds. The summed E-state index contributed by atoms with van der Waals surface area (Å²) in [5.74, 6) is 1.05. The van der Waals surface area contributed by atoms with Crippen LogP contribution in [-0.2, 0) is 11.2 Å². The van der Waals surface area contributed by atoms with E-state index in [0.717, 1.165) is 38.5 Å². The highest BCUT2D eigenvalue weighted by Crippen LogP contribution is 2.39. The Morgan fingerprint density at radius 2 is 1.96 bits per heavy atom. The van der Waals surface area contributed by atoms with E-state index in [0.29, 0.717) is 6.54 Å². The number of nitrogens with zero attached hydrogens (tertiary/aromatic N) is 5. The van der Waals surface area contributed by atoms with Crippen molar-refractivity contribution in [1.29, 1.82) is 0 Å². The van der Waals surface area contributed by atoms with E-state index in [1.165, 1.54) is 24.8 Å². The van der Waals surface area contributed by atoms with Crippen molar-refractivity contribution < 1.29 is 4.79 Å². The van der Waals surface area contributed by atoms with E-state index in [4.69, 9.17) is 0 Å². The molecule has 0 unspecified atom stereocenters. The Kier molecular flexibility index (Phi) is 5.04. The molecule has 6 nitrogen and oxygen atoms in total.